The molecule has 21 heavy (non-hydrogen) atoms. The molecule has 0 saturated carbocycles. The maximum absolute atomic E-state index is 12.1. The number of hydrogen-bond acceptors (Lipinski definition) is 2. The number of benzene rings is 2. The number of carbonyl (C=O) groups is 1. The molecule has 0 aliphatic heterocycles. The Morgan fingerprint density at radius 1 is 1.24 bits per heavy atom. The number of Topliss-reactive ketones (excluding diaryl/α,β-unsaturated/α-hetero) is 1. The molecular formula is C17H16BrClO2. The fraction of sp³-hybridized carbons (Fsp3) is 0.235. The van der Waals surface area contributed by atoms with Gasteiger partial charge in [-0.05, 0) is 36.6 Å². The first-order chi connectivity index (χ1) is 10.0. The van der Waals surface area contributed by atoms with Crippen LogP contribution in [0.2, 0.25) is 5.02 Å². The van der Waals surface area contributed by atoms with Gasteiger partial charge in [0.05, 0.1) is 5.02 Å². The molecule has 0 aliphatic rings. The number of ether oxygens (including phenoxy) is 1. The summed E-state index contributed by atoms with van der Waals surface area (Å²) in [6, 6.07) is 11.3. The van der Waals surface area contributed by atoms with Gasteiger partial charge >= 0.3 is 0 Å². The van der Waals surface area contributed by atoms with E-state index in [9.17, 15) is 4.79 Å². The fourth-order valence-electron chi connectivity index (χ4n) is 2.02. The van der Waals surface area contributed by atoms with Gasteiger partial charge in [0.15, 0.2) is 12.4 Å². The third kappa shape index (κ3) is 4.08. The molecule has 2 nitrogen and oxygen atoms in total. The first kappa shape index (κ1) is 16.1. The van der Waals surface area contributed by atoms with Crippen LogP contribution in [-0.4, -0.2) is 12.4 Å². The van der Waals surface area contributed by atoms with Gasteiger partial charge in [-0.2, -0.15) is 0 Å². The van der Waals surface area contributed by atoms with E-state index in [-0.39, 0.29) is 12.4 Å². The van der Waals surface area contributed by atoms with Crippen LogP contribution in [0.25, 0.3) is 0 Å². The van der Waals surface area contributed by atoms with E-state index in [1.54, 1.807) is 6.07 Å². The van der Waals surface area contributed by atoms with E-state index in [4.69, 9.17) is 16.3 Å². The molecule has 0 aliphatic carbocycles. The second-order valence-electron chi connectivity index (χ2n) is 4.80. The van der Waals surface area contributed by atoms with Crippen molar-refractivity contribution in [1.29, 1.82) is 0 Å². The van der Waals surface area contributed by atoms with Crippen LogP contribution in [0.15, 0.2) is 40.9 Å². The van der Waals surface area contributed by atoms with Crippen LogP contribution in [0.4, 0.5) is 0 Å². The van der Waals surface area contributed by atoms with Gasteiger partial charge in [0.1, 0.15) is 5.75 Å². The van der Waals surface area contributed by atoms with Crippen molar-refractivity contribution in [1.82, 2.24) is 0 Å². The highest BCUT2D eigenvalue weighted by molar-refractivity contribution is 9.10. The van der Waals surface area contributed by atoms with Crippen molar-refractivity contribution in [2.75, 3.05) is 6.61 Å². The summed E-state index contributed by atoms with van der Waals surface area (Å²) < 4.78 is 6.48. The highest BCUT2D eigenvalue weighted by Gasteiger charge is 2.11. The lowest BCUT2D eigenvalue weighted by Crippen LogP contribution is -2.12. The first-order valence-corrected chi connectivity index (χ1v) is 7.89. The summed E-state index contributed by atoms with van der Waals surface area (Å²) in [5, 5.41) is 0.496. The van der Waals surface area contributed by atoms with Crippen LogP contribution in [0.1, 0.15) is 28.4 Å². The monoisotopic (exact) mass is 366 g/mol. The van der Waals surface area contributed by atoms with Gasteiger partial charge in [-0.25, -0.2) is 0 Å². The highest BCUT2D eigenvalue weighted by atomic mass is 79.9. The minimum Gasteiger partial charge on any atom is -0.484 e. The van der Waals surface area contributed by atoms with E-state index in [0.29, 0.717) is 16.3 Å². The van der Waals surface area contributed by atoms with Crippen LogP contribution < -0.4 is 4.74 Å². The maximum atomic E-state index is 12.1. The summed E-state index contributed by atoms with van der Waals surface area (Å²) in [7, 11) is 0. The number of rotatable bonds is 5. The Bertz CT molecular complexity index is 627. The number of halogens is 2. The first-order valence-electron chi connectivity index (χ1n) is 6.72. The van der Waals surface area contributed by atoms with Crippen LogP contribution in [0.5, 0.6) is 5.75 Å². The molecule has 0 unspecified atom stereocenters. The second-order valence-corrected chi connectivity index (χ2v) is 6.12. The Morgan fingerprint density at radius 2 is 1.90 bits per heavy atom. The zero-order chi connectivity index (χ0) is 15.4. The Hall–Kier alpha value is -1.32. The third-order valence-corrected chi connectivity index (χ3v) is 3.96. The van der Waals surface area contributed by atoms with Crippen molar-refractivity contribution < 1.29 is 9.53 Å². The summed E-state index contributed by atoms with van der Waals surface area (Å²) in [6.45, 7) is 3.96. The Balaban J connectivity index is 2.07. The molecule has 0 N–H and O–H groups in total. The van der Waals surface area contributed by atoms with Crippen LogP contribution >= 0.6 is 27.5 Å². The van der Waals surface area contributed by atoms with Crippen molar-refractivity contribution in [2.24, 2.45) is 0 Å². The standard InChI is InChI=1S/C17H16BrClO2/c1-3-12-4-6-13(7-5-12)16(20)10-21-17-11(2)8-14(18)9-15(17)19/h4-9H,3,10H2,1-2H3. The SMILES string of the molecule is CCc1ccc(C(=O)COc2c(C)cc(Br)cc2Cl)cc1. The molecule has 0 atom stereocenters. The highest BCUT2D eigenvalue weighted by Crippen LogP contribution is 2.32. The molecule has 2 aromatic rings. The molecule has 0 fully saturated rings. The zero-order valence-electron chi connectivity index (χ0n) is 12.0. The van der Waals surface area contributed by atoms with Gasteiger partial charge in [-0.15, -0.1) is 0 Å². The summed E-state index contributed by atoms with van der Waals surface area (Å²) in [6.07, 6.45) is 0.957. The molecule has 0 aromatic heterocycles. The molecule has 0 saturated heterocycles. The average Bonchev–Trinajstić information content (AvgIpc) is 2.46. The number of ketones is 1. The van der Waals surface area contributed by atoms with Crippen molar-refractivity contribution in [3.05, 3.63) is 62.6 Å². The summed E-state index contributed by atoms with van der Waals surface area (Å²) >= 11 is 9.51. The van der Waals surface area contributed by atoms with Gasteiger partial charge < -0.3 is 4.74 Å². The molecule has 0 amide bonds. The maximum Gasteiger partial charge on any atom is 0.200 e. The van der Waals surface area contributed by atoms with Crippen LogP contribution in [-0.2, 0) is 6.42 Å². The molecule has 0 heterocycles. The van der Waals surface area contributed by atoms with Gasteiger partial charge in [0, 0.05) is 10.0 Å². The van der Waals surface area contributed by atoms with Crippen LogP contribution in [0, 0.1) is 6.92 Å². The summed E-state index contributed by atoms with van der Waals surface area (Å²) in [5.41, 5.74) is 2.75. The van der Waals surface area contributed by atoms with Gasteiger partial charge in [-0.1, -0.05) is 58.7 Å². The minimum absolute atomic E-state index is 0.0202. The lowest BCUT2D eigenvalue weighted by atomic mass is 10.1. The van der Waals surface area contributed by atoms with Crippen molar-refractivity contribution >= 4 is 33.3 Å². The Labute approximate surface area is 138 Å². The molecule has 0 radical (unpaired) electrons. The van der Waals surface area contributed by atoms with Crippen molar-refractivity contribution in [3.63, 3.8) is 0 Å². The second kappa shape index (κ2) is 7.10. The molecule has 0 spiro atoms. The lowest BCUT2D eigenvalue weighted by molar-refractivity contribution is 0.0921. The van der Waals surface area contributed by atoms with E-state index < -0.39 is 0 Å². The zero-order valence-corrected chi connectivity index (χ0v) is 14.3. The number of carbonyl (C=O) groups excluding carboxylic acids is 1. The van der Waals surface area contributed by atoms with Crippen molar-refractivity contribution in [3.8, 4) is 5.75 Å². The predicted molar refractivity (Wildman–Crippen MR) is 89.5 cm³/mol. The molecular weight excluding hydrogens is 352 g/mol. The van der Waals surface area contributed by atoms with Gasteiger partial charge in [0.2, 0.25) is 0 Å². The third-order valence-electron chi connectivity index (χ3n) is 3.23. The topological polar surface area (TPSA) is 26.3 Å². The smallest absolute Gasteiger partial charge is 0.200 e. The number of aryl methyl sites for hydroxylation is 2. The van der Waals surface area contributed by atoms with Gasteiger partial charge in [0.25, 0.3) is 0 Å². The van der Waals surface area contributed by atoms with E-state index >= 15 is 0 Å². The van der Waals surface area contributed by atoms with E-state index in [2.05, 4.69) is 22.9 Å². The molecule has 4 heteroatoms. The van der Waals surface area contributed by atoms with Crippen LogP contribution in [0.3, 0.4) is 0 Å². The number of hydrogen-bond donors (Lipinski definition) is 0. The van der Waals surface area contributed by atoms with E-state index in [1.807, 2.05) is 37.3 Å². The normalized spacial score (nSPS) is 10.5. The minimum atomic E-state index is -0.0592. The molecule has 2 aromatic carbocycles. The lowest BCUT2D eigenvalue weighted by Gasteiger charge is -2.11. The van der Waals surface area contributed by atoms with Gasteiger partial charge in [-0.3, -0.25) is 4.79 Å². The summed E-state index contributed by atoms with van der Waals surface area (Å²) in [5.74, 6) is 0.495. The largest absolute Gasteiger partial charge is 0.484 e. The Morgan fingerprint density at radius 3 is 2.48 bits per heavy atom. The summed E-state index contributed by atoms with van der Waals surface area (Å²) in [4.78, 5) is 12.1. The van der Waals surface area contributed by atoms with E-state index in [0.717, 1.165) is 16.5 Å². The Kier molecular flexibility index (Phi) is 5.43. The average molecular weight is 368 g/mol. The molecule has 110 valence electrons. The predicted octanol–water partition coefficient (Wildman–Crippen LogP) is 5.24. The quantitative estimate of drug-likeness (QED) is 0.676. The fourth-order valence-corrected chi connectivity index (χ4v) is 3.04. The molecule has 2 rings (SSSR count). The molecule has 0 bridgehead atoms. The van der Waals surface area contributed by atoms with E-state index in [1.165, 1.54) is 5.56 Å². The van der Waals surface area contributed by atoms with Crippen molar-refractivity contribution in [2.45, 2.75) is 20.3 Å².